The van der Waals surface area contributed by atoms with E-state index in [-0.39, 0.29) is 41.5 Å². The highest BCUT2D eigenvalue weighted by molar-refractivity contribution is 6.02. The van der Waals surface area contributed by atoms with Crippen molar-refractivity contribution in [1.82, 2.24) is 4.98 Å². The third-order valence-electron chi connectivity index (χ3n) is 5.01. The Hall–Kier alpha value is -4.08. The summed E-state index contributed by atoms with van der Waals surface area (Å²) < 4.78 is 56.7. The van der Waals surface area contributed by atoms with E-state index in [1.807, 2.05) is 0 Å². The van der Waals surface area contributed by atoms with Crippen LogP contribution in [0.25, 0.3) is 11.3 Å². The number of carbonyl (C=O) groups is 2. The van der Waals surface area contributed by atoms with E-state index in [1.165, 1.54) is 45.6 Å². The van der Waals surface area contributed by atoms with Gasteiger partial charge in [-0.2, -0.15) is 0 Å². The topological polar surface area (TPSA) is 84.0 Å². The molecule has 0 spiro atoms. The first-order chi connectivity index (χ1) is 16.6. The Morgan fingerprint density at radius 2 is 1.37 bits per heavy atom. The van der Waals surface area contributed by atoms with E-state index >= 15 is 0 Å². The Kier molecular flexibility index (Phi) is 7.95. The monoisotopic (exact) mass is 489 g/mol. The Bertz CT molecular complexity index is 1210. The van der Waals surface area contributed by atoms with Crippen molar-refractivity contribution >= 4 is 11.6 Å². The van der Waals surface area contributed by atoms with E-state index in [4.69, 9.17) is 14.2 Å². The summed E-state index contributed by atoms with van der Waals surface area (Å²) in [5.41, 5.74) is 1.16. The molecule has 0 bridgehead atoms. The molecule has 1 heterocycles. The first-order valence-electron chi connectivity index (χ1n) is 10.3. The van der Waals surface area contributed by atoms with Crippen LogP contribution in [0, 0.1) is 0 Å². The van der Waals surface area contributed by atoms with Crippen molar-refractivity contribution in [2.24, 2.45) is 0 Å². The van der Waals surface area contributed by atoms with Gasteiger partial charge in [0.15, 0.2) is 23.1 Å². The highest BCUT2D eigenvalue weighted by Gasteiger charge is 2.31. The normalized spacial score (nSPS) is 11.0. The molecule has 0 radical (unpaired) electrons. The molecule has 35 heavy (non-hydrogen) atoms. The van der Waals surface area contributed by atoms with E-state index in [9.17, 15) is 22.8 Å². The number of alkyl halides is 3. The molecular weight excluding hydrogens is 467 g/mol. The van der Waals surface area contributed by atoms with Crippen LogP contribution in [0.15, 0.2) is 54.6 Å². The van der Waals surface area contributed by atoms with Crippen LogP contribution in [0.5, 0.6) is 23.0 Å². The van der Waals surface area contributed by atoms with Crippen molar-refractivity contribution in [3.63, 3.8) is 0 Å². The molecule has 0 saturated carbocycles. The molecule has 0 aliphatic rings. The zero-order valence-corrected chi connectivity index (χ0v) is 19.1. The molecule has 10 heteroatoms. The fraction of sp³-hybridized carbons (Fsp3) is 0.240. The van der Waals surface area contributed by atoms with Crippen molar-refractivity contribution in [2.75, 3.05) is 21.3 Å². The number of Topliss-reactive ketones (excluding diaryl/α,β-unsaturated/α-hetero) is 2. The average Bonchev–Trinajstić information content (AvgIpc) is 2.85. The van der Waals surface area contributed by atoms with E-state index in [0.29, 0.717) is 28.4 Å². The Morgan fingerprint density at radius 1 is 0.771 bits per heavy atom. The number of nitrogens with zero attached hydrogens (tertiary/aromatic N) is 1. The maximum Gasteiger partial charge on any atom is 0.573 e. The van der Waals surface area contributed by atoms with Crippen LogP contribution in [-0.4, -0.2) is 44.2 Å². The van der Waals surface area contributed by atoms with Gasteiger partial charge in [-0.15, -0.1) is 13.2 Å². The van der Waals surface area contributed by atoms with Gasteiger partial charge in [-0.05, 0) is 54.6 Å². The Balaban J connectivity index is 1.75. The third kappa shape index (κ3) is 6.50. The van der Waals surface area contributed by atoms with Crippen LogP contribution in [0.1, 0.15) is 33.7 Å². The summed E-state index contributed by atoms with van der Waals surface area (Å²) in [5, 5.41) is 0. The predicted octanol–water partition coefficient (Wildman–Crippen LogP) is 5.52. The summed E-state index contributed by atoms with van der Waals surface area (Å²) in [6, 6.07) is 12.8. The van der Waals surface area contributed by atoms with Crippen molar-refractivity contribution in [1.29, 1.82) is 0 Å². The number of aromatic nitrogens is 1. The van der Waals surface area contributed by atoms with E-state index in [0.717, 1.165) is 12.1 Å². The number of ketones is 2. The minimum Gasteiger partial charge on any atom is -0.494 e. The number of hydrogen-bond acceptors (Lipinski definition) is 7. The molecule has 3 aromatic rings. The van der Waals surface area contributed by atoms with Gasteiger partial charge in [-0.25, -0.2) is 4.98 Å². The van der Waals surface area contributed by atoms with Crippen molar-refractivity contribution in [2.45, 2.75) is 19.2 Å². The van der Waals surface area contributed by atoms with Crippen molar-refractivity contribution in [3.05, 3.63) is 65.9 Å². The van der Waals surface area contributed by atoms with Gasteiger partial charge >= 0.3 is 6.36 Å². The zero-order chi connectivity index (χ0) is 25.6. The summed E-state index contributed by atoms with van der Waals surface area (Å²) >= 11 is 0. The molecule has 0 aliphatic heterocycles. The quantitative estimate of drug-likeness (QED) is 0.347. The smallest absolute Gasteiger partial charge is 0.494 e. The Morgan fingerprint density at radius 3 is 1.97 bits per heavy atom. The number of hydrogen-bond donors (Lipinski definition) is 0. The lowest BCUT2D eigenvalue weighted by Gasteiger charge is -2.12. The lowest BCUT2D eigenvalue weighted by molar-refractivity contribution is -0.274. The molecule has 2 aromatic carbocycles. The molecule has 0 N–H and O–H groups in total. The van der Waals surface area contributed by atoms with Crippen LogP contribution in [0.4, 0.5) is 13.2 Å². The SMILES string of the molecule is COc1ccc(C(=O)CCC(=O)c2ccc(OC)c(-c3ccc(OC(F)(F)F)cc3)n2)cc1OC. The van der Waals surface area contributed by atoms with Crippen LogP contribution < -0.4 is 18.9 Å². The summed E-state index contributed by atoms with van der Waals surface area (Å²) in [7, 11) is 4.35. The molecule has 0 saturated heterocycles. The fourth-order valence-corrected chi connectivity index (χ4v) is 3.30. The Labute approximate surface area is 199 Å². The largest absolute Gasteiger partial charge is 0.573 e. The summed E-state index contributed by atoms with van der Waals surface area (Å²) in [6.45, 7) is 0. The van der Waals surface area contributed by atoms with E-state index < -0.39 is 6.36 Å². The molecule has 0 unspecified atom stereocenters. The molecule has 0 fully saturated rings. The highest BCUT2D eigenvalue weighted by Crippen LogP contribution is 2.32. The standard InChI is InChI=1S/C25H22F3NO6/c1-32-21-12-6-16(14-23(21)34-3)19(30)10-11-20(31)18-9-13-22(33-2)24(29-18)15-4-7-17(8-5-15)35-25(26,27)28/h4-9,12-14H,10-11H2,1-3H3. The molecule has 184 valence electrons. The number of halogens is 3. The second kappa shape index (κ2) is 10.9. The van der Waals surface area contributed by atoms with Crippen molar-refractivity contribution < 1.29 is 41.7 Å². The van der Waals surface area contributed by atoms with Crippen LogP contribution in [0.3, 0.4) is 0 Å². The number of ether oxygens (including phenoxy) is 4. The first-order valence-corrected chi connectivity index (χ1v) is 10.3. The summed E-state index contributed by atoms with van der Waals surface area (Å²) in [4.78, 5) is 29.7. The molecule has 0 aliphatic carbocycles. The average molecular weight is 489 g/mol. The molecule has 3 rings (SSSR count). The minimum atomic E-state index is -4.81. The van der Waals surface area contributed by atoms with Crippen LogP contribution in [0.2, 0.25) is 0 Å². The number of carbonyl (C=O) groups excluding carboxylic acids is 2. The van der Waals surface area contributed by atoms with Crippen molar-refractivity contribution in [3.8, 4) is 34.3 Å². The number of methoxy groups -OCH3 is 3. The van der Waals surface area contributed by atoms with Gasteiger partial charge in [0.25, 0.3) is 0 Å². The zero-order valence-electron chi connectivity index (χ0n) is 19.1. The number of rotatable bonds is 10. The van der Waals surface area contributed by atoms with Gasteiger partial charge in [0.05, 0.1) is 21.3 Å². The van der Waals surface area contributed by atoms with Gasteiger partial charge in [-0.1, -0.05) is 0 Å². The lowest BCUT2D eigenvalue weighted by atomic mass is 10.0. The molecule has 1 aromatic heterocycles. The lowest BCUT2D eigenvalue weighted by Crippen LogP contribution is -2.16. The predicted molar refractivity (Wildman–Crippen MR) is 120 cm³/mol. The highest BCUT2D eigenvalue weighted by atomic mass is 19.4. The molecule has 0 atom stereocenters. The third-order valence-corrected chi connectivity index (χ3v) is 5.01. The maximum atomic E-state index is 12.8. The molecule has 0 amide bonds. The molecule has 7 nitrogen and oxygen atoms in total. The van der Waals surface area contributed by atoms with Gasteiger partial charge in [0, 0.05) is 24.0 Å². The maximum absolute atomic E-state index is 12.8. The van der Waals surface area contributed by atoms with Gasteiger partial charge in [0.2, 0.25) is 0 Å². The first kappa shape index (κ1) is 25.5. The summed E-state index contributed by atoms with van der Waals surface area (Å²) in [5.74, 6) is 0.187. The van der Waals surface area contributed by atoms with E-state index in [2.05, 4.69) is 9.72 Å². The van der Waals surface area contributed by atoms with E-state index in [1.54, 1.807) is 18.2 Å². The summed E-state index contributed by atoms with van der Waals surface area (Å²) in [6.07, 6.45) is -4.96. The van der Waals surface area contributed by atoms with Gasteiger partial charge in [-0.3, -0.25) is 9.59 Å². The molecular formula is C25H22F3NO6. The minimum absolute atomic E-state index is 0.0547. The van der Waals surface area contributed by atoms with Gasteiger partial charge < -0.3 is 18.9 Å². The van der Waals surface area contributed by atoms with Crippen LogP contribution >= 0.6 is 0 Å². The fourth-order valence-electron chi connectivity index (χ4n) is 3.30. The second-order valence-corrected chi connectivity index (χ2v) is 7.24. The van der Waals surface area contributed by atoms with Crippen LogP contribution in [-0.2, 0) is 0 Å². The van der Waals surface area contributed by atoms with Gasteiger partial charge in [0.1, 0.15) is 22.9 Å². The number of benzene rings is 2. The second-order valence-electron chi connectivity index (χ2n) is 7.24. The number of pyridine rings is 1.